The molecule has 0 aliphatic carbocycles. The second-order valence-electron chi connectivity index (χ2n) is 9.06. The number of rotatable bonds is 4. The number of fused-ring (bicyclic) bond motifs is 2. The van der Waals surface area contributed by atoms with Gasteiger partial charge in [-0.2, -0.15) is 0 Å². The number of para-hydroxylation sites is 1. The van der Waals surface area contributed by atoms with E-state index in [4.69, 9.17) is 11.6 Å². The normalized spacial score (nSPS) is 17.8. The predicted molar refractivity (Wildman–Crippen MR) is 138 cm³/mol. The molecule has 0 saturated carbocycles. The van der Waals surface area contributed by atoms with Gasteiger partial charge < -0.3 is 19.7 Å². The van der Waals surface area contributed by atoms with Crippen LogP contribution in [-0.2, 0) is 4.79 Å². The fourth-order valence-electron chi connectivity index (χ4n) is 5.32. The summed E-state index contributed by atoms with van der Waals surface area (Å²) in [4.78, 5) is 36.0. The van der Waals surface area contributed by atoms with Gasteiger partial charge in [0.1, 0.15) is 6.54 Å². The number of H-pyrrole nitrogens is 1. The van der Waals surface area contributed by atoms with Crippen LogP contribution in [0.5, 0.6) is 0 Å². The Labute approximate surface area is 208 Å². The number of hydrogen-bond acceptors (Lipinski definition) is 3. The zero-order chi connectivity index (χ0) is 23.9. The number of piperazine rings is 1. The lowest BCUT2D eigenvalue weighted by atomic mass is 9.97. The first-order valence-electron chi connectivity index (χ1n) is 11.8. The van der Waals surface area contributed by atoms with E-state index in [1.54, 1.807) is 4.90 Å². The molecule has 1 unspecified atom stereocenters. The molecule has 1 aromatic heterocycles. The molecule has 3 heterocycles. The first kappa shape index (κ1) is 21.7. The fourth-order valence-corrected chi connectivity index (χ4v) is 5.51. The van der Waals surface area contributed by atoms with Crippen molar-refractivity contribution in [2.45, 2.75) is 6.04 Å². The maximum atomic E-state index is 13.4. The summed E-state index contributed by atoms with van der Waals surface area (Å²) < 4.78 is 0. The molecule has 0 spiro atoms. The highest BCUT2D eigenvalue weighted by Crippen LogP contribution is 2.41. The summed E-state index contributed by atoms with van der Waals surface area (Å²) in [5.41, 5.74) is 4.71. The minimum absolute atomic E-state index is 0.0262. The largest absolute Gasteiger partial charge is 0.368 e. The standard InChI is InChI=1S/C28H25ClN4O2/c29-19-6-5-7-20(16-19)31-12-14-32(15-13-31)26(34)18-33-27(22-9-1-2-10-23(22)28(33)35)24-17-30-25-11-4-3-8-21(24)25/h1-11,16-17,27,30H,12-15,18H2. The molecule has 7 heteroatoms. The minimum Gasteiger partial charge on any atom is -0.368 e. The van der Waals surface area contributed by atoms with Gasteiger partial charge in [0.2, 0.25) is 5.91 Å². The van der Waals surface area contributed by atoms with Gasteiger partial charge in [0.05, 0.1) is 6.04 Å². The van der Waals surface area contributed by atoms with Gasteiger partial charge in [0, 0.05) is 65.1 Å². The smallest absolute Gasteiger partial charge is 0.255 e. The number of aromatic nitrogens is 1. The third kappa shape index (κ3) is 3.84. The lowest BCUT2D eigenvalue weighted by Gasteiger charge is -2.37. The molecular formula is C28H25ClN4O2. The number of anilines is 1. The zero-order valence-corrected chi connectivity index (χ0v) is 19.9. The first-order chi connectivity index (χ1) is 17.1. The number of nitrogens with zero attached hydrogens (tertiary/aromatic N) is 3. The first-order valence-corrected chi connectivity index (χ1v) is 12.2. The van der Waals surface area contributed by atoms with Crippen molar-refractivity contribution in [1.29, 1.82) is 0 Å². The Hall–Kier alpha value is -3.77. The van der Waals surface area contributed by atoms with Crippen molar-refractivity contribution in [3.05, 3.63) is 101 Å². The third-order valence-electron chi connectivity index (χ3n) is 7.09. The summed E-state index contributed by atoms with van der Waals surface area (Å²) in [7, 11) is 0. The number of carbonyl (C=O) groups is 2. The second kappa shape index (κ2) is 8.78. The van der Waals surface area contributed by atoms with E-state index in [2.05, 4.69) is 16.0 Å². The second-order valence-corrected chi connectivity index (χ2v) is 9.50. The lowest BCUT2D eigenvalue weighted by molar-refractivity contribution is -0.132. The Morgan fingerprint density at radius 1 is 0.914 bits per heavy atom. The average molecular weight is 485 g/mol. The van der Waals surface area contributed by atoms with Crippen LogP contribution in [0, 0.1) is 0 Å². The van der Waals surface area contributed by atoms with Crippen molar-refractivity contribution in [2.24, 2.45) is 0 Å². The van der Waals surface area contributed by atoms with Crippen LogP contribution in [0.25, 0.3) is 10.9 Å². The van der Waals surface area contributed by atoms with Crippen molar-refractivity contribution >= 4 is 40.0 Å². The van der Waals surface area contributed by atoms with Gasteiger partial charge in [-0.1, -0.05) is 54.1 Å². The van der Waals surface area contributed by atoms with E-state index in [0.29, 0.717) is 23.7 Å². The summed E-state index contributed by atoms with van der Waals surface area (Å²) in [5.74, 6) is -0.122. The molecule has 35 heavy (non-hydrogen) atoms. The molecule has 0 bridgehead atoms. The van der Waals surface area contributed by atoms with Crippen LogP contribution in [-0.4, -0.2) is 59.3 Å². The van der Waals surface area contributed by atoms with Gasteiger partial charge in [0.25, 0.3) is 5.91 Å². The molecule has 6 rings (SSSR count). The van der Waals surface area contributed by atoms with Gasteiger partial charge >= 0.3 is 0 Å². The molecule has 6 nitrogen and oxygen atoms in total. The summed E-state index contributed by atoms with van der Waals surface area (Å²) in [5, 5.41) is 1.77. The molecule has 1 atom stereocenters. The van der Waals surface area contributed by atoms with Crippen LogP contribution in [0.3, 0.4) is 0 Å². The highest BCUT2D eigenvalue weighted by atomic mass is 35.5. The van der Waals surface area contributed by atoms with E-state index >= 15 is 0 Å². The molecule has 1 saturated heterocycles. The molecule has 3 aromatic carbocycles. The van der Waals surface area contributed by atoms with E-state index in [-0.39, 0.29) is 24.4 Å². The van der Waals surface area contributed by atoms with Crippen LogP contribution < -0.4 is 4.90 Å². The molecule has 1 N–H and O–H groups in total. The van der Waals surface area contributed by atoms with Crippen LogP contribution in [0.2, 0.25) is 5.02 Å². The van der Waals surface area contributed by atoms with Crippen molar-refractivity contribution < 1.29 is 9.59 Å². The summed E-state index contributed by atoms with van der Waals surface area (Å²) in [6, 6.07) is 23.2. The Bertz CT molecular complexity index is 1420. The summed E-state index contributed by atoms with van der Waals surface area (Å²) >= 11 is 6.15. The van der Waals surface area contributed by atoms with Crippen molar-refractivity contribution in [3.63, 3.8) is 0 Å². The van der Waals surface area contributed by atoms with Crippen molar-refractivity contribution in [1.82, 2.24) is 14.8 Å². The molecule has 4 aromatic rings. The van der Waals surface area contributed by atoms with E-state index in [0.717, 1.165) is 40.8 Å². The van der Waals surface area contributed by atoms with Crippen LogP contribution in [0.4, 0.5) is 5.69 Å². The Balaban J connectivity index is 1.24. The molecular weight excluding hydrogens is 460 g/mol. The number of benzene rings is 3. The SMILES string of the molecule is O=C(CN1C(=O)c2ccccc2C1c1c[nH]c2ccccc12)N1CCN(c2cccc(Cl)c2)CC1. The Morgan fingerprint density at radius 2 is 1.69 bits per heavy atom. The fraction of sp³-hybridized carbons (Fsp3) is 0.214. The molecule has 0 radical (unpaired) electrons. The highest BCUT2D eigenvalue weighted by molar-refractivity contribution is 6.30. The van der Waals surface area contributed by atoms with Gasteiger partial charge in [-0.25, -0.2) is 0 Å². The van der Waals surface area contributed by atoms with Crippen LogP contribution in [0.15, 0.2) is 79.0 Å². The average Bonchev–Trinajstić information content (AvgIpc) is 3.43. The molecule has 2 aliphatic heterocycles. The van der Waals surface area contributed by atoms with E-state index < -0.39 is 0 Å². The maximum Gasteiger partial charge on any atom is 0.255 e. The number of nitrogens with one attached hydrogen (secondary N) is 1. The van der Waals surface area contributed by atoms with Gasteiger partial charge in [0.15, 0.2) is 0 Å². The van der Waals surface area contributed by atoms with Crippen molar-refractivity contribution in [2.75, 3.05) is 37.6 Å². The zero-order valence-electron chi connectivity index (χ0n) is 19.2. The number of amides is 2. The molecule has 176 valence electrons. The number of halogens is 1. The number of hydrogen-bond donors (Lipinski definition) is 1. The summed E-state index contributed by atoms with van der Waals surface area (Å²) in [6.45, 7) is 2.73. The monoisotopic (exact) mass is 484 g/mol. The summed E-state index contributed by atoms with van der Waals surface area (Å²) in [6.07, 6.45) is 1.96. The lowest BCUT2D eigenvalue weighted by Crippen LogP contribution is -2.51. The van der Waals surface area contributed by atoms with E-state index in [1.807, 2.05) is 77.8 Å². The van der Waals surface area contributed by atoms with Crippen molar-refractivity contribution in [3.8, 4) is 0 Å². The minimum atomic E-state index is -0.299. The van der Waals surface area contributed by atoms with Gasteiger partial charge in [-0.3, -0.25) is 9.59 Å². The van der Waals surface area contributed by atoms with Gasteiger partial charge in [-0.05, 0) is 35.9 Å². The predicted octanol–water partition coefficient (Wildman–Crippen LogP) is 4.72. The van der Waals surface area contributed by atoms with E-state index in [9.17, 15) is 9.59 Å². The third-order valence-corrected chi connectivity index (χ3v) is 7.32. The number of aromatic amines is 1. The molecule has 1 fully saturated rings. The number of carbonyl (C=O) groups excluding carboxylic acids is 2. The van der Waals surface area contributed by atoms with Crippen LogP contribution in [0.1, 0.15) is 27.5 Å². The molecule has 2 amide bonds. The van der Waals surface area contributed by atoms with E-state index in [1.165, 1.54) is 0 Å². The van der Waals surface area contributed by atoms with Gasteiger partial charge in [-0.15, -0.1) is 0 Å². The molecule has 2 aliphatic rings. The maximum absolute atomic E-state index is 13.4. The topological polar surface area (TPSA) is 59.7 Å². The Morgan fingerprint density at radius 3 is 2.51 bits per heavy atom. The van der Waals surface area contributed by atoms with Crippen LogP contribution >= 0.6 is 11.6 Å². The highest BCUT2D eigenvalue weighted by Gasteiger charge is 2.40. The quantitative estimate of drug-likeness (QED) is 0.456. The Kier molecular flexibility index (Phi) is 5.46.